The smallest absolute Gasteiger partial charge is 0.251 e. The van der Waals surface area contributed by atoms with Crippen LogP contribution in [0.3, 0.4) is 0 Å². The molecule has 0 saturated carbocycles. The van der Waals surface area contributed by atoms with Crippen molar-refractivity contribution in [1.29, 1.82) is 5.26 Å². The van der Waals surface area contributed by atoms with Crippen molar-refractivity contribution in [3.8, 4) is 6.07 Å². The summed E-state index contributed by atoms with van der Waals surface area (Å²) in [6.45, 7) is 3.33. The minimum atomic E-state index is -0.0188. The molecular weight excluding hydrogens is 276 g/mol. The molecule has 1 N–H and O–H groups in total. The maximum Gasteiger partial charge on any atom is 0.251 e. The van der Waals surface area contributed by atoms with Gasteiger partial charge in [-0.25, -0.2) is 0 Å². The molecule has 0 spiro atoms. The molecule has 2 aromatic heterocycles. The largest absolute Gasteiger partial charge is 0.348 e. The number of pyridine rings is 1. The standard InChI is InChI=1S/C17H18N4O/c18-8-13-6-16-7-14(2-4-21(16)10-13)17(22)19-15-5-12-1-3-20(9-12)11-15/h2,4,6-7,10,12,15H,1,3,5,9,11H2,(H,19,22). The van der Waals surface area contributed by atoms with Gasteiger partial charge in [-0.3, -0.25) is 4.79 Å². The van der Waals surface area contributed by atoms with E-state index in [4.69, 9.17) is 5.26 Å². The van der Waals surface area contributed by atoms with Crippen LogP contribution < -0.4 is 5.32 Å². The average molecular weight is 294 g/mol. The van der Waals surface area contributed by atoms with Gasteiger partial charge in [0.25, 0.3) is 5.91 Å². The maximum atomic E-state index is 12.5. The minimum Gasteiger partial charge on any atom is -0.348 e. The summed E-state index contributed by atoms with van der Waals surface area (Å²) in [5.74, 6) is 0.722. The Morgan fingerprint density at radius 2 is 2.27 bits per heavy atom. The second-order valence-electron chi connectivity index (χ2n) is 6.41. The highest BCUT2D eigenvalue weighted by atomic mass is 16.1. The van der Waals surface area contributed by atoms with Crippen molar-refractivity contribution in [2.75, 3.05) is 19.6 Å². The topological polar surface area (TPSA) is 60.5 Å². The molecule has 0 aliphatic carbocycles. The molecule has 2 bridgehead atoms. The number of carbonyl (C=O) groups is 1. The summed E-state index contributed by atoms with van der Waals surface area (Å²) in [6.07, 6.45) is 5.95. The number of nitrogens with zero attached hydrogens (tertiary/aromatic N) is 3. The molecule has 0 aromatic carbocycles. The van der Waals surface area contributed by atoms with E-state index in [-0.39, 0.29) is 11.9 Å². The molecule has 3 unspecified atom stereocenters. The molecule has 2 aromatic rings. The minimum absolute atomic E-state index is 0.0188. The lowest BCUT2D eigenvalue weighted by molar-refractivity contribution is 0.0909. The number of aromatic nitrogens is 1. The van der Waals surface area contributed by atoms with Crippen LogP contribution in [0, 0.1) is 17.2 Å². The van der Waals surface area contributed by atoms with E-state index < -0.39 is 0 Å². The van der Waals surface area contributed by atoms with Gasteiger partial charge in [0.05, 0.1) is 5.56 Å². The van der Waals surface area contributed by atoms with Gasteiger partial charge < -0.3 is 14.6 Å². The summed E-state index contributed by atoms with van der Waals surface area (Å²) in [4.78, 5) is 14.9. The van der Waals surface area contributed by atoms with Crippen LogP contribution in [0.25, 0.3) is 5.52 Å². The fourth-order valence-corrected chi connectivity index (χ4v) is 3.74. The zero-order valence-corrected chi connectivity index (χ0v) is 12.3. The quantitative estimate of drug-likeness (QED) is 0.916. The molecule has 4 rings (SSSR count). The zero-order valence-electron chi connectivity index (χ0n) is 12.3. The Morgan fingerprint density at radius 1 is 1.36 bits per heavy atom. The second-order valence-corrected chi connectivity index (χ2v) is 6.41. The predicted molar refractivity (Wildman–Crippen MR) is 82.5 cm³/mol. The fourth-order valence-electron chi connectivity index (χ4n) is 3.74. The van der Waals surface area contributed by atoms with Gasteiger partial charge in [0, 0.05) is 42.6 Å². The first-order chi connectivity index (χ1) is 10.7. The van der Waals surface area contributed by atoms with Gasteiger partial charge in [0.15, 0.2) is 0 Å². The third-order valence-corrected chi connectivity index (χ3v) is 4.79. The second kappa shape index (κ2) is 5.15. The molecule has 5 heteroatoms. The molecule has 2 aliphatic heterocycles. The molecule has 0 radical (unpaired) electrons. The maximum absolute atomic E-state index is 12.5. The highest BCUT2D eigenvalue weighted by Gasteiger charge is 2.32. The van der Waals surface area contributed by atoms with Crippen LogP contribution in [-0.4, -0.2) is 40.9 Å². The summed E-state index contributed by atoms with van der Waals surface area (Å²) < 4.78 is 1.86. The van der Waals surface area contributed by atoms with Crippen LogP contribution in [0.1, 0.15) is 28.8 Å². The summed E-state index contributed by atoms with van der Waals surface area (Å²) in [5, 5.41) is 12.1. The van der Waals surface area contributed by atoms with E-state index in [1.54, 1.807) is 18.3 Å². The van der Waals surface area contributed by atoms with E-state index in [2.05, 4.69) is 16.3 Å². The van der Waals surface area contributed by atoms with E-state index in [0.29, 0.717) is 11.1 Å². The summed E-state index contributed by atoms with van der Waals surface area (Å²) in [6, 6.07) is 7.82. The summed E-state index contributed by atoms with van der Waals surface area (Å²) >= 11 is 0. The number of hydrogen-bond donors (Lipinski definition) is 1. The molecule has 2 fully saturated rings. The molecule has 4 heterocycles. The zero-order chi connectivity index (χ0) is 15.1. The van der Waals surface area contributed by atoms with Gasteiger partial charge in [-0.1, -0.05) is 0 Å². The Hall–Kier alpha value is -2.32. The molecule has 112 valence electrons. The number of rotatable bonds is 2. The fraction of sp³-hybridized carbons (Fsp3) is 0.412. The number of piperidine rings is 1. The highest BCUT2D eigenvalue weighted by molar-refractivity contribution is 5.95. The van der Waals surface area contributed by atoms with Crippen molar-refractivity contribution in [3.05, 3.63) is 41.7 Å². The normalized spacial score (nSPS) is 26.8. The van der Waals surface area contributed by atoms with Crippen LogP contribution >= 0.6 is 0 Å². The third-order valence-electron chi connectivity index (χ3n) is 4.79. The van der Waals surface area contributed by atoms with Gasteiger partial charge in [-0.2, -0.15) is 5.26 Å². The molecule has 2 saturated heterocycles. The van der Waals surface area contributed by atoms with Crippen molar-refractivity contribution < 1.29 is 4.79 Å². The molecular formula is C17H18N4O. The summed E-state index contributed by atoms with van der Waals surface area (Å²) in [5.41, 5.74) is 2.13. The van der Waals surface area contributed by atoms with Crippen LogP contribution in [0.15, 0.2) is 30.6 Å². The average Bonchev–Trinajstić information content (AvgIpc) is 3.09. The van der Waals surface area contributed by atoms with E-state index in [1.165, 1.54) is 19.5 Å². The van der Waals surface area contributed by atoms with Crippen molar-refractivity contribution in [1.82, 2.24) is 14.6 Å². The van der Waals surface area contributed by atoms with E-state index in [0.717, 1.165) is 24.4 Å². The van der Waals surface area contributed by atoms with Gasteiger partial charge in [0.2, 0.25) is 0 Å². The molecule has 5 nitrogen and oxygen atoms in total. The van der Waals surface area contributed by atoms with Gasteiger partial charge in [0.1, 0.15) is 6.07 Å². The van der Waals surface area contributed by atoms with E-state index in [9.17, 15) is 4.79 Å². The van der Waals surface area contributed by atoms with Crippen LogP contribution in [0.4, 0.5) is 0 Å². The Kier molecular flexibility index (Phi) is 3.12. The van der Waals surface area contributed by atoms with Crippen LogP contribution in [-0.2, 0) is 0 Å². The Labute approximate surface area is 129 Å². The molecule has 3 atom stereocenters. The number of amides is 1. The lowest BCUT2D eigenvalue weighted by Crippen LogP contribution is -2.47. The number of nitrogens with one attached hydrogen (secondary N) is 1. The SMILES string of the molecule is N#Cc1cc2cc(C(=O)NC3CC4CCN(C4)C3)ccn2c1. The Bertz CT molecular complexity index is 761. The third kappa shape index (κ3) is 2.36. The lowest BCUT2D eigenvalue weighted by atomic mass is 9.96. The van der Waals surface area contributed by atoms with Gasteiger partial charge in [-0.05, 0) is 43.5 Å². The number of carbonyl (C=O) groups excluding carboxylic acids is 1. The van der Waals surface area contributed by atoms with Crippen molar-refractivity contribution in [2.45, 2.75) is 18.9 Å². The number of fused-ring (bicyclic) bond motifs is 3. The van der Waals surface area contributed by atoms with E-state index in [1.807, 2.05) is 16.7 Å². The van der Waals surface area contributed by atoms with Crippen LogP contribution in [0.5, 0.6) is 0 Å². The van der Waals surface area contributed by atoms with Gasteiger partial charge >= 0.3 is 0 Å². The molecule has 1 amide bonds. The van der Waals surface area contributed by atoms with Crippen LogP contribution in [0.2, 0.25) is 0 Å². The van der Waals surface area contributed by atoms with Crippen molar-refractivity contribution in [2.24, 2.45) is 5.92 Å². The number of hydrogen-bond acceptors (Lipinski definition) is 3. The summed E-state index contributed by atoms with van der Waals surface area (Å²) in [7, 11) is 0. The molecule has 22 heavy (non-hydrogen) atoms. The number of nitriles is 1. The first-order valence-electron chi connectivity index (χ1n) is 7.76. The highest BCUT2D eigenvalue weighted by Crippen LogP contribution is 2.26. The Balaban J connectivity index is 1.51. The monoisotopic (exact) mass is 294 g/mol. The first-order valence-corrected chi connectivity index (χ1v) is 7.76. The van der Waals surface area contributed by atoms with Gasteiger partial charge in [-0.15, -0.1) is 0 Å². The van der Waals surface area contributed by atoms with Crippen molar-refractivity contribution in [3.63, 3.8) is 0 Å². The predicted octanol–water partition coefficient (Wildman–Crippen LogP) is 1.63. The Morgan fingerprint density at radius 3 is 3.09 bits per heavy atom. The molecule has 2 aliphatic rings. The first kappa shape index (κ1) is 13.4. The lowest BCUT2D eigenvalue weighted by Gasteiger charge is -2.30. The van der Waals surface area contributed by atoms with E-state index >= 15 is 0 Å². The van der Waals surface area contributed by atoms with Crippen molar-refractivity contribution >= 4 is 11.4 Å².